The quantitative estimate of drug-likeness (QED) is 0.570. The number of nitrogen functional groups attached to an aromatic ring is 1. The third-order valence-corrected chi connectivity index (χ3v) is 4.80. The second-order valence-electron chi connectivity index (χ2n) is 4.67. The molecule has 118 valence electrons. The van der Waals surface area contributed by atoms with Gasteiger partial charge in [-0.25, -0.2) is 14.8 Å². The lowest BCUT2D eigenvalue weighted by Gasteiger charge is -2.05. The van der Waals surface area contributed by atoms with Gasteiger partial charge in [0.25, 0.3) is 0 Å². The number of thiazole rings is 2. The highest BCUT2D eigenvalue weighted by atomic mass is 32.1. The van der Waals surface area contributed by atoms with E-state index in [1.54, 1.807) is 6.07 Å². The van der Waals surface area contributed by atoms with E-state index >= 15 is 0 Å². The fourth-order valence-corrected chi connectivity index (χ4v) is 3.59. The van der Waals surface area contributed by atoms with Crippen molar-refractivity contribution in [3.8, 4) is 16.3 Å². The lowest BCUT2D eigenvalue weighted by Crippen LogP contribution is -1.97. The molecule has 0 aliphatic heterocycles. The Hall–Kier alpha value is -2.65. The van der Waals surface area contributed by atoms with Crippen LogP contribution in [0.2, 0.25) is 0 Å². The Labute approximate surface area is 139 Å². The molecule has 5 N–H and O–H groups in total. The minimum absolute atomic E-state index is 0.147. The number of carbonyl (C=O) groups is 1. The van der Waals surface area contributed by atoms with Crippen LogP contribution < -0.4 is 11.1 Å². The van der Waals surface area contributed by atoms with Gasteiger partial charge in [0.2, 0.25) is 0 Å². The Balaban J connectivity index is 1.83. The topological polar surface area (TPSA) is 121 Å². The van der Waals surface area contributed by atoms with E-state index in [0.29, 0.717) is 16.0 Å². The highest BCUT2D eigenvalue weighted by Gasteiger charge is 2.13. The molecule has 0 atom stereocenters. The van der Waals surface area contributed by atoms with Gasteiger partial charge in [-0.1, -0.05) is 11.3 Å². The molecule has 3 rings (SSSR count). The minimum Gasteiger partial charge on any atom is -0.507 e. The zero-order chi connectivity index (χ0) is 16.6. The van der Waals surface area contributed by atoms with Crippen LogP contribution in [-0.4, -0.2) is 26.2 Å². The first-order valence-electron chi connectivity index (χ1n) is 6.46. The van der Waals surface area contributed by atoms with Crippen LogP contribution in [0.25, 0.3) is 10.6 Å². The van der Waals surface area contributed by atoms with Gasteiger partial charge in [-0.3, -0.25) is 0 Å². The largest absolute Gasteiger partial charge is 0.507 e. The van der Waals surface area contributed by atoms with Crippen LogP contribution in [0.5, 0.6) is 5.75 Å². The number of nitrogens with one attached hydrogen (secondary N) is 1. The summed E-state index contributed by atoms with van der Waals surface area (Å²) in [5.41, 5.74) is 7.70. The number of aromatic hydroxyl groups is 1. The summed E-state index contributed by atoms with van der Waals surface area (Å²) in [4.78, 5) is 20.4. The fraction of sp³-hybridized carbons (Fsp3) is 0.0714. The summed E-state index contributed by atoms with van der Waals surface area (Å²) >= 11 is 2.76. The molecule has 3 aromatic rings. The molecule has 7 nitrogen and oxygen atoms in total. The first-order chi connectivity index (χ1) is 10.9. The van der Waals surface area contributed by atoms with Crippen LogP contribution in [0.3, 0.4) is 0 Å². The summed E-state index contributed by atoms with van der Waals surface area (Å²) in [6, 6.07) is 4.25. The Morgan fingerprint density at radius 3 is 2.74 bits per heavy atom. The lowest BCUT2D eigenvalue weighted by molar-refractivity contribution is 0.0694. The molecule has 9 heteroatoms. The Morgan fingerprint density at radius 2 is 2.13 bits per heavy atom. The number of hydrogen-bond donors (Lipinski definition) is 4. The van der Waals surface area contributed by atoms with E-state index in [-0.39, 0.29) is 11.3 Å². The molecular formula is C14H12N4O3S2. The molecular weight excluding hydrogens is 336 g/mol. The first kappa shape index (κ1) is 15.3. The van der Waals surface area contributed by atoms with Gasteiger partial charge in [0.15, 0.2) is 10.3 Å². The van der Waals surface area contributed by atoms with Crippen LogP contribution in [0.1, 0.15) is 16.1 Å². The Bertz CT molecular complexity index is 888. The number of rotatable bonds is 4. The van der Waals surface area contributed by atoms with Gasteiger partial charge in [-0.05, 0) is 19.1 Å². The number of aryl methyl sites for hydroxylation is 1. The monoisotopic (exact) mass is 348 g/mol. The average Bonchev–Trinajstić information content (AvgIpc) is 3.05. The molecule has 0 spiro atoms. The number of aromatic carboxylic acids is 1. The van der Waals surface area contributed by atoms with Gasteiger partial charge in [-0.2, -0.15) is 0 Å². The SMILES string of the molecule is Cc1nc(N)sc1-c1csc(Nc2ccc(C(=O)O)c(O)c2)n1. The maximum Gasteiger partial charge on any atom is 0.339 e. The average molecular weight is 348 g/mol. The second-order valence-corrected chi connectivity index (χ2v) is 6.56. The predicted octanol–water partition coefficient (Wildman–Crippen LogP) is 3.30. The van der Waals surface area contributed by atoms with Crippen molar-refractivity contribution in [2.75, 3.05) is 11.1 Å². The summed E-state index contributed by atoms with van der Waals surface area (Å²) in [7, 11) is 0. The number of anilines is 3. The number of hydrogen-bond acceptors (Lipinski definition) is 8. The van der Waals surface area contributed by atoms with Gasteiger partial charge in [0, 0.05) is 17.1 Å². The Kier molecular flexibility index (Phi) is 3.89. The van der Waals surface area contributed by atoms with E-state index in [4.69, 9.17) is 10.8 Å². The second kappa shape index (κ2) is 5.86. The lowest BCUT2D eigenvalue weighted by atomic mass is 10.2. The van der Waals surface area contributed by atoms with Crippen molar-refractivity contribution in [2.45, 2.75) is 6.92 Å². The van der Waals surface area contributed by atoms with Gasteiger partial charge in [-0.15, -0.1) is 11.3 Å². The van der Waals surface area contributed by atoms with Crippen molar-refractivity contribution >= 4 is 44.6 Å². The van der Waals surface area contributed by atoms with Crippen LogP contribution >= 0.6 is 22.7 Å². The summed E-state index contributed by atoms with van der Waals surface area (Å²) < 4.78 is 0. The summed E-state index contributed by atoms with van der Waals surface area (Å²) in [6.07, 6.45) is 0. The maximum atomic E-state index is 10.9. The molecule has 0 saturated carbocycles. The number of aromatic nitrogens is 2. The number of carboxylic acid groups (broad SMARTS) is 1. The third-order valence-electron chi connectivity index (χ3n) is 3.03. The molecule has 0 saturated heterocycles. The molecule has 0 fully saturated rings. The van der Waals surface area contributed by atoms with Crippen LogP contribution in [0.15, 0.2) is 23.6 Å². The fourth-order valence-electron chi connectivity index (χ4n) is 2.00. The molecule has 2 heterocycles. The molecule has 0 radical (unpaired) electrons. The summed E-state index contributed by atoms with van der Waals surface area (Å²) in [5.74, 6) is -1.48. The Morgan fingerprint density at radius 1 is 1.35 bits per heavy atom. The summed E-state index contributed by atoms with van der Waals surface area (Å²) in [6.45, 7) is 1.87. The molecule has 23 heavy (non-hydrogen) atoms. The summed E-state index contributed by atoms with van der Waals surface area (Å²) in [5, 5.41) is 24.6. The normalized spacial score (nSPS) is 10.7. The number of phenols is 1. The highest BCUT2D eigenvalue weighted by Crippen LogP contribution is 2.34. The van der Waals surface area contributed by atoms with Crippen molar-refractivity contribution in [1.29, 1.82) is 0 Å². The van der Waals surface area contributed by atoms with Crippen LogP contribution in [-0.2, 0) is 0 Å². The van der Waals surface area contributed by atoms with Gasteiger partial charge in [0.1, 0.15) is 11.3 Å². The van der Waals surface area contributed by atoms with Crippen LogP contribution in [0, 0.1) is 6.92 Å². The smallest absolute Gasteiger partial charge is 0.339 e. The molecule has 0 amide bonds. The van der Waals surface area contributed by atoms with Gasteiger partial charge < -0.3 is 21.3 Å². The van der Waals surface area contributed by atoms with E-state index in [9.17, 15) is 9.90 Å². The van der Waals surface area contributed by atoms with E-state index in [1.807, 2.05) is 12.3 Å². The molecule has 0 unspecified atom stereocenters. The minimum atomic E-state index is -1.18. The number of benzene rings is 1. The first-order valence-corrected chi connectivity index (χ1v) is 8.16. The van der Waals surface area contributed by atoms with Gasteiger partial charge in [0.05, 0.1) is 16.3 Å². The zero-order valence-electron chi connectivity index (χ0n) is 11.9. The predicted molar refractivity (Wildman–Crippen MR) is 90.7 cm³/mol. The molecule has 0 bridgehead atoms. The zero-order valence-corrected chi connectivity index (χ0v) is 13.5. The maximum absolute atomic E-state index is 10.9. The van der Waals surface area contributed by atoms with E-state index in [2.05, 4.69) is 15.3 Å². The third kappa shape index (κ3) is 3.10. The van der Waals surface area contributed by atoms with Crippen molar-refractivity contribution < 1.29 is 15.0 Å². The van der Waals surface area contributed by atoms with Crippen LogP contribution in [0.4, 0.5) is 16.0 Å². The van der Waals surface area contributed by atoms with Crippen molar-refractivity contribution in [2.24, 2.45) is 0 Å². The molecule has 2 aromatic heterocycles. The number of nitrogens with two attached hydrogens (primary N) is 1. The van der Waals surface area contributed by atoms with E-state index < -0.39 is 5.97 Å². The van der Waals surface area contributed by atoms with E-state index in [1.165, 1.54) is 34.8 Å². The standard InChI is InChI=1S/C14H12N4O3S2/c1-6-11(23-13(15)16-6)9-5-22-14(18-9)17-7-2-3-8(12(20)21)10(19)4-7/h2-5,19H,1H3,(H2,15,16)(H,17,18)(H,20,21). The van der Waals surface area contributed by atoms with Crippen molar-refractivity contribution in [1.82, 2.24) is 9.97 Å². The van der Waals surface area contributed by atoms with E-state index in [0.717, 1.165) is 16.3 Å². The van der Waals surface area contributed by atoms with Crippen molar-refractivity contribution in [3.05, 3.63) is 34.8 Å². The van der Waals surface area contributed by atoms with Gasteiger partial charge >= 0.3 is 5.97 Å². The molecule has 0 aliphatic carbocycles. The highest BCUT2D eigenvalue weighted by molar-refractivity contribution is 7.19. The number of nitrogens with zero attached hydrogens (tertiary/aromatic N) is 2. The number of carboxylic acids is 1. The molecule has 1 aromatic carbocycles. The molecule has 0 aliphatic rings. The van der Waals surface area contributed by atoms with Crippen molar-refractivity contribution in [3.63, 3.8) is 0 Å².